The second kappa shape index (κ2) is 13.3. The van der Waals surface area contributed by atoms with Crippen molar-refractivity contribution in [2.24, 2.45) is 5.92 Å². The lowest BCUT2D eigenvalue weighted by Crippen LogP contribution is -2.52. The molecule has 1 unspecified atom stereocenters. The van der Waals surface area contributed by atoms with E-state index in [2.05, 4.69) is 0 Å². The Kier molecular flexibility index (Phi) is 10.9. The van der Waals surface area contributed by atoms with Gasteiger partial charge in [-0.25, -0.2) is 13.2 Å². The van der Waals surface area contributed by atoms with Crippen molar-refractivity contribution in [3.05, 3.63) is 35.9 Å². The number of amides is 1. The molecule has 222 valence electrons. The Morgan fingerprint density at radius 2 is 1.82 bits per heavy atom. The van der Waals surface area contributed by atoms with Gasteiger partial charge in [0.15, 0.2) is 0 Å². The van der Waals surface area contributed by atoms with E-state index in [1.54, 1.807) is 18.7 Å². The molecule has 0 bridgehead atoms. The van der Waals surface area contributed by atoms with Crippen molar-refractivity contribution in [3.63, 3.8) is 0 Å². The van der Waals surface area contributed by atoms with Gasteiger partial charge in [-0.05, 0) is 58.9 Å². The highest BCUT2D eigenvalue weighted by Crippen LogP contribution is 2.40. The highest BCUT2D eigenvalue weighted by atomic mass is 32.2. The number of aliphatic hydroxyl groups is 1. The van der Waals surface area contributed by atoms with Gasteiger partial charge in [-0.15, -0.1) is 0 Å². The molecule has 1 aromatic rings. The number of ether oxygens (including phenoxy) is 2. The predicted molar refractivity (Wildman–Crippen MR) is 154 cm³/mol. The Hall–Kier alpha value is -1.68. The van der Waals surface area contributed by atoms with Crippen LogP contribution in [0.4, 0.5) is 4.79 Å². The summed E-state index contributed by atoms with van der Waals surface area (Å²) in [5.41, 5.74) is -0.848. The van der Waals surface area contributed by atoms with Crippen LogP contribution in [-0.4, -0.2) is 70.7 Å². The number of benzene rings is 1. The van der Waals surface area contributed by atoms with E-state index in [4.69, 9.17) is 9.47 Å². The fraction of sp³-hybridized carbons (Fsp3) is 0.767. The van der Waals surface area contributed by atoms with Crippen LogP contribution in [0.2, 0.25) is 0 Å². The first-order valence-electron chi connectivity index (χ1n) is 14.6. The largest absolute Gasteiger partial charge is 0.444 e. The third-order valence-electron chi connectivity index (χ3n) is 7.72. The van der Waals surface area contributed by atoms with E-state index in [0.29, 0.717) is 18.9 Å². The Bertz CT molecular complexity index is 1020. The number of aliphatic hydroxyl groups excluding tert-OH is 1. The number of carbonyl (C=O) groups is 1. The summed E-state index contributed by atoms with van der Waals surface area (Å²) in [6.07, 6.45) is 5.20. The second-order valence-corrected chi connectivity index (χ2v) is 14.7. The molecule has 1 aromatic carbocycles. The van der Waals surface area contributed by atoms with Crippen molar-refractivity contribution in [3.8, 4) is 0 Å². The lowest BCUT2D eigenvalue weighted by atomic mass is 9.83. The van der Waals surface area contributed by atoms with Crippen LogP contribution in [0.25, 0.3) is 0 Å². The second-order valence-electron chi connectivity index (χ2n) is 12.7. The first-order chi connectivity index (χ1) is 18.2. The fourth-order valence-corrected chi connectivity index (χ4v) is 7.46. The van der Waals surface area contributed by atoms with Gasteiger partial charge in [-0.1, -0.05) is 75.8 Å². The van der Waals surface area contributed by atoms with Crippen LogP contribution in [0.1, 0.15) is 98.5 Å². The van der Waals surface area contributed by atoms with Crippen molar-refractivity contribution < 1.29 is 27.8 Å². The molecule has 1 saturated carbocycles. The van der Waals surface area contributed by atoms with Crippen molar-refractivity contribution in [2.75, 3.05) is 12.3 Å². The molecule has 2 fully saturated rings. The smallest absolute Gasteiger partial charge is 0.412 e. The van der Waals surface area contributed by atoms with Gasteiger partial charge in [-0.2, -0.15) is 4.31 Å². The van der Waals surface area contributed by atoms with E-state index >= 15 is 0 Å². The summed E-state index contributed by atoms with van der Waals surface area (Å²) in [5, 5.41) is 11.5. The molecule has 39 heavy (non-hydrogen) atoms. The third-order valence-corrected chi connectivity index (χ3v) is 9.58. The molecule has 1 saturated heterocycles. The molecule has 0 aromatic heterocycles. The Labute approximate surface area is 236 Å². The zero-order chi connectivity index (χ0) is 28.8. The first-order valence-corrected chi connectivity index (χ1v) is 16.2. The minimum Gasteiger partial charge on any atom is -0.444 e. The van der Waals surface area contributed by atoms with E-state index in [1.165, 1.54) is 10.7 Å². The SMILES string of the molecule is CCCCN(Cc1ccccc1)S(=O)(=O)CC(O)[C@H]1OC(C)(C)N(C(=O)OC(C)(C)C)[C@@H]1CC1CCCCC1. The summed E-state index contributed by atoms with van der Waals surface area (Å²) >= 11 is 0. The standard InChI is InChI=1S/C30H50N2O6S/c1-7-8-19-31(21-24-17-13-10-14-18-24)39(35,36)22-26(33)27-25(20-23-15-11-9-12-16-23)32(30(5,6)37-27)28(34)38-29(2,3)4/h10,13-14,17-18,23,25-27,33H,7-9,11-12,15-16,19-22H2,1-6H3/t25-,26?,27+/m1/s1. The minimum atomic E-state index is -3.82. The number of hydrogen-bond donors (Lipinski definition) is 1. The molecule has 0 radical (unpaired) electrons. The maximum Gasteiger partial charge on any atom is 0.412 e. The molecule has 9 heteroatoms. The lowest BCUT2D eigenvalue weighted by Gasteiger charge is -2.37. The van der Waals surface area contributed by atoms with E-state index in [-0.39, 0.29) is 6.54 Å². The van der Waals surface area contributed by atoms with E-state index in [1.807, 2.05) is 58.0 Å². The topological polar surface area (TPSA) is 96.4 Å². The monoisotopic (exact) mass is 566 g/mol. The molecular formula is C30H50N2O6S. The van der Waals surface area contributed by atoms with Gasteiger partial charge in [-0.3, -0.25) is 4.90 Å². The molecule has 3 atom stereocenters. The Balaban J connectivity index is 1.86. The van der Waals surface area contributed by atoms with Crippen LogP contribution in [0, 0.1) is 5.92 Å². The number of rotatable bonds is 11. The van der Waals surface area contributed by atoms with Gasteiger partial charge < -0.3 is 14.6 Å². The molecule has 1 N–H and O–H groups in total. The van der Waals surface area contributed by atoms with Crippen LogP contribution in [0.15, 0.2) is 30.3 Å². The zero-order valence-corrected chi connectivity index (χ0v) is 25.6. The molecule has 2 aliphatic rings. The average molecular weight is 567 g/mol. The van der Waals surface area contributed by atoms with Crippen molar-refractivity contribution in [2.45, 2.75) is 129 Å². The van der Waals surface area contributed by atoms with Crippen molar-refractivity contribution in [1.82, 2.24) is 9.21 Å². The number of nitrogens with zero attached hydrogens (tertiary/aromatic N) is 2. The van der Waals surface area contributed by atoms with Gasteiger partial charge in [0.1, 0.15) is 17.4 Å². The van der Waals surface area contributed by atoms with Gasteiger partial charge in [0.05, 0.1) is 17.9 Å². The van der Waals surface area contributed by atoms with Crippen LogP contribution < -0.4 is 0 Å². The summed E-state index contributed by atoms with van der Waals surface area (Å²) in [5.74, 6) is -0.0789. The normalized spacial score (nSPS) is 23.2. The molecule has 8 nitrogen and oxygen atoms in total. The van der Waals surface area contributed by atoms with Crippen LogP contribution in [0.3, 0.4) is 0 Å². The van der Waals surface area contributed by atoms with Gasteiger partial charge in [0.25, 0.3) is 0 Å². The predicted octanol–water partition coefficient (Wildman–Crippen LogP) is 5.69. The summed E-state index contributed by atoms with van der Waals surface area (Å²) in [6.45, 7) is 11.7. The zero-order valence-electron chi connectivity index (χ0n) is 24.8. The molecule has 1 aliphatic heterocycles. The summed E-state index contributed by atoms with van der Waals surface area (Å²) in [7, 11) is -3.82. The van der Waals surface area contributed by atoms with Crippen molar-refractivity contribution >= 4 is 16.1 Å². The van der Waals surface area contributed by atoms with Crippen molar-refractivity contribution in [1.29, 1.82) is 0 Å². The fourth-order valence-electron chi connectivity index (χ4n) is 5.87. The quantitative estimate of drug-likeness (QED) is 0.370. The third kappa shape index (κ3) is 8.90. The Morgan fingerprint density at radius 3 is 2.41 bits per heavy atom. The molecule has 1 heterocycles. The molecule has 1 aliphatic carbocycles. The molecule has 1 amide bonds. The van der Waals surface area contributed by atoms with Crippen LogP contribution in [0.5, 0.6) is 0 Å². The molecule has 3 rings (SSSR count). The maximum atomic E-state index is 13.7. The molecular weight excluding hydrogens is 516 g/mol. The van der Waals surface area contributed by atoms with Crippen LogP contribution >= 0.6 is 0 Å². The number of carbonyl (C=O) groups excluding carboxylic acids is 1. The maximum absolute atomic E-state index is 13.7. The van der Waals surface area contributed by atoms with Gasteiger partial charge in [0, 0.05) is 13.1 Å². The lowest BCUT2D eigenvalue weighted by molar-refractivity contribution is -0.0995. The van der Waals surface area contributed by atoms with Gasteiger partial charge in [0.2, 0.25) is 10.0 Å². The van der Waals surface area contributed by atoms with E-state index in [9.17, 15) is 18.3 Å². The Morgan fingerprint density at radius 1 is 1.18 bits per heavy atom. The summed E-state index contributed by atoms with van der Waals surface area (Å²) < 4.78 is 40.9. The van der Waals surface area contributed by atoms with E-state index < -0.39 is 51.4 Å². The first kappa shape index (κ1) is 31.8. The average Bonchev–Trinajstić information content (AvgIpc) is 3.11. The molecule has 0 spiro atoms. The number of unbranched alkanes of at least 4 members (excludes halogenated alkanes) is 1. The number of sulfonamides is 1. The highest BCUT2D eigenvalue weighted by Gasteiger charge is 2.54. The number of hydrogen-bond acceptors (Lipinski definition) is 6. The minimum absolute atomic E-state index is 0.252. The summed E-state index contributed by atoms with van der Waals surface area (Å²) in [6, 6.07) is 9.02. The summed E-state index contributed by atoms with van der Waals surface area (Å²) in [4.78, 5) is 15.0. The van der Waals surface area contributed by atoms with E-state index in [0.717, 1.165) is 44.1 Å². The van der Waals surface area contributed by atoms with Gasteiger partial charge >= 0.3 is 6.09 Å². The highest BCUT2D eigenvalue weighted by molar-refractivity contribution is 7.89. The van der Waals surface area contributed by atoms with Crippen LogP contribution in [-0.2, 0) is 26.0 Å².